The second-order valence-electron chi connectivity index (χ2n) is 8.23. The van der Waals surface area contributed by atoms with Gasteiger partial charge in [-0.05, 0) is 63.6 Å². The van der Waals surface area contributed by atoms with E-state index in [0.717, 1.165) is 29.0 Å². The third kappa shape index (κ3) is 3.56. The van der Waals surface area contributed by atoms with E-state index in [4.69, 9.17) is 4.98 Å². The summed E-state index contributed by atoms with van der Waals surface area (Å²) in [5.41, 5.74) is 2.12. The number of nitrogens with zero attached hydrogens (tertiary/aromatic N) is 4. The summed E-state index contributed by atoms with van der Waals surface area (Å²) in [6, 6.07) is 10.1. The van der Waals surface area contributed by atoms with Gasteiger partial charge in [-0.2, -0.15) is 0 Å². The first-order valence-corrected chi connectivity index (χ1v) is 9.48. The fourth-order valence-electron chi connectivity index (χ4n) is 3.61. The van der Waals surface area contributed by atoms with Gasteiger partial charge in [0.25, 0.3) is 0 Å². The van der Waals surface area contributed by atoms with Gasteiger partial charge in [0, 0.05) is 30.4 Å². The van der Waals surface area contributed by atoms with Crippen LogP contribution in [0, 0.1) is 5.82 Å². The Morgan fingerprint density at radius 1 is 1.21 bits per heavy atom. The highest BCUT2D eigenvalue weighted by atomic mass is 19.1. The Kier molecular flexibility index (Phi) is 4.53. The molecule has 1 saturated heterocycles. The molecule has 1 N–H and O–H groups in total. The van der Waals surface area contributed by atoms with E-state index in [1.54, 1.807) is 18.3 Å². The van der Waals surface area contributed by atoms with Gasteiger partial charge in [0.1, 0.15) is 17.2 Å². The molecule has 0 radical (unpaired) electrons. The van der Waals surface area contributed by atoms with Crippen LogP contribution in [0.4, 0.5) is 9.18 Å². The molecule has 28 heavy (non-hydrogen) atoms. The molecule has 0 saturated carbocycles. The van der Waals surface area contributed by atoms with Crippen LogP contribution in [0.25, 0.3) is 22.6 Å². The van der Waals surface area contributed by atoms with Crippen LogP contribution < -0.4 is 5.32 Å². The van der Waals surface area contributed by atoms with Gasteiger partial charge in [-0.25, -0.2) is 19.2 Å². The summed E-state index contributed by atoms with van der Waals surface area (Å²) < 4.78 is 15.5. The van der Waals surface area contributed by atoms with Gasteiger partial charge in [-0.1, -0.05) is 0 Å². The fourth-order valence-corrected chi connectivity index (χ4v) is 3.61. The predicted octanol–water partition coefficient (Wildman–Crippen LogP) is 3.99. The van der Waals surface area contributed by atoms with Gasteiger partial charge in [0.05, 0.1) is 6.04 Å². The number of benzene rings is 1. The van der Waals surface area contributed by atoms with E-state index in [0.29, 0.717) is 13.1 Å². The van der Waals surface area contributed by atoms with E-state index in [2.05, 4.69) is 14.9 Å². The van der Waals surface area contributed by atoms with Crippen molar-refractivity contribution in [1.29, 1.82) is 0 Å². The molecular formula is C21H24FN5O. The number of fused-ring (bicyclic) bond motifs is 1. The maximum Gasteiger partial charge on any atom is 0.317 e. The number of hydrogen-bond acceptors (Lipinski definition) is 3. The van der Waals surface area contributed by atoms with Crippen molar-refractivity contribution in [2.45, 2.75) is 38.8 Å². The summed E-state index contributed by atoms with van der Waals surface area (Å²) in [6.07, 6.45) is 2.56. The Morgan fingerprint density at radius 3 is 2.68 bits per heavy atom. The average Bonchev–Trinajstić information content (AvgIpc) is 3.25. The first-order chi connectivity index (χ1) is 13.3. The maximum atomic E-state index is 13.4. The summed E-state index contributed by atoms with van der Waals surface area (Å²) in [5, 5.41) is 3.02. The Hall–Kier alpha value is -2.96. The monoisotopic (exact) mass is 381 g/mol. The van der Waals surface area contributed by atoms with E-state index >= 15 is 0 Å². The lowest BCUT2D eigenvalue weighted by Gasteiger charge is -2.25. The summed E-state index contributed by atoms with van der Waals surface area (Å²) in [5.74, 6) is 0.465. The smallest absolute Gasteiger partial charge is 0.317 e. The maximum absolute atomic E-state index is 13.4. The molecule has 3 heterocycles. The largest absolute Gasteiger partial charge is 0.333 e. The van der Waals surface area contributed by atoms with Crippen LogP contribution in [0.1, 0.15) is 33.2 Å². The molecular weight excluding hydrogens is 357 g/mol. The summed E-state index contributed by atoms with van der Waals surface area (Å²) >= 11 is 0. The minimum absolute atomic E-state index is 0.0595. The summed E-state index contributed by atoms with van der Waals surface area (Å²) in [7, 11) is 0. The number of carbonyl (C=O) groups is 1. The lowest BCUT2D eigenvalue weighted by molar-refractivity contribution is 0.198. The highest BCUT2D eigenvalue weighted by molar-refractivity contribution is 5.78. The Morgan fingerprint density at radius 2 is 1.96 bits per heavy atom. The number of nitrogens with one attached hydrogen (secondary N) is 1. The van der Waals surface area contributed by atoms with Gasteiger partial charge >= 0.3 is 6.03 Å². The molecule has 1 aliphatic rings. The van der Waals surface area contributed by atoms with E-state index in [1.165, 1.54) is 12.1 Å². The van der Waals surface area contributed by atoms with E-state index in [-0.39, 0.29) is 23.4 Å². The van der Waals surface area contributed by atoms with Crippen LogP contribution in [0.2, 0.25) is 0 Å². The molecule has 1 unspecified atom stereocenters. The first kappa shape index (κ1) is 18.4. The zero-order chi connectivity index (χ0) is 19.9. The SMILES string of the molecule is CC(C)(C)NC(=O)N1CCC(n2c(-c3ccc(F)cc3)nc3cccnc32)C1. The van der Waals surface area contributed by atoms with Gasteiger partial charge in [-0.3, -0.25) is 0 Å². The molecule has 1 aromatic carbocycles. The quantitative estimate of drug-likeness (QED) is 0.730. The topological polar surface area (TPSA) is 63.1 Å². The molecule has 6 nitrogen and oxygen atoms in total. The number of hydrogen-bond donors (Lipinski definition) is 1. The minimum atomic E-state index is -0.282. The standard InChI is InChI=1S/C21H24FN5O/c1-21(2,3)25-20(28)26-12-10-16(13-26)27-18(14-6-8-15(22)9-7-14)24-17-5-4-11-23-19(17)27/h4-9,11,16H,10,12-13H2,1-3H3,(H,25,28). The average molecular weight is 381 g/mol. The van der Waals surface area contributed by atoms with Crippen molar-refractivity contribution in [3.63, 3.8) is 0 Å². The fraction of sp³-hybridized carbons (Fsp3) is 0.381. The molecule has 0 bridgehead atoms. The predicted molar refractivity (Wildman–Crippen MR) is 106 cm³/mol. The molecule has 0 aliphatic carbocycles. The molecule has 1 fully saturated rings. The Balaban J connectivity index is 1.69. The van der Waals surface area contributed by atoms with Crippen molar-refractivity contribution in [3.05, 3.63) is 48.4 Å². The normalized spacial score (nSPS) is 17.3. The molecule has 3 aromatic rings. The van der Waals surface area contributed by atoms with Crippen molar-refractivity contribution in [2.75, 3.05) is 13.1 Å². The molecule has 2 amide bonds. The van der Waals surface area contributed by atoms with Gasteiger partial charge in [0.2, 0.25) is 0 Å². The van der Waals surface area contributed by atoms with Crippen molar-refractivity contribution < 1.29 is 9.18 Å². The molecule has 1 atom stereocenters. The Labute approximate surface area is 163 Å². The number of likely N-dealkylation sites (tertiary alicyclic amines) is 1. The van der Waals surface area contributed by atoms with Crippen LogP contribution in [-0.2, 0) is 0 Å². The van der Waals surface area contributed by atoms with E-state index in [9.17, 15) is 9.18 Å². The number of pyridine rings is 1. The molecule has 2 aromatic heterocycles. The van der Waals surface area contributed by atoms with E-state index in [1.807, 2.05) is 37.8 Å². The van der Waals surface area contributed by atoms with Crippen LogP contribution in [0.15, 0.2) is 42.6 Å². The number of aromatic nitrogens is 3. The molecule has 4 rings (SSSR count). The number of rotatable bonds is 2. The Bertz CT molecular complexity index is 1010. The van der Waals surface area contributed by atoms with Crippen molar-refractivity contribution in [2.24, 2.45) is 0 Å². The second kappa shape index (κ2) is 6.89. The van der Waals surface area contributed by atoms with E-state index < -0.39 is 0 Å². The summed E-state index contributed by atoms with van der Waals surface area (Å²) in [6.45, 7) is 7.16. The number of halogens is 1. The third-order valence-electron chi connectivity index (χ3n) is 4.85. The lowest BCUT2D eigenvalue weighted by Crippen LogP contribution is -2.47. The minimum Gasteiger partial charge on any atom is -0.333 e. The highest BCUT2D eigenvalue weighted by Crippen LogP contribution is 2.32. The molecule has 7 heteroatoms. The zero-order valence-electron chi connectivity index (χ0n) is 16.3. The van der Waals surface area contributed by atoms with Crippen molar-refractivity contribution in [3.8, 4) is 11.4 Å². The van der Waals surface area contributed by atoms with Crippen LogP contribution in [-0.4, -0.2) is 44.1 Å². The van der Waals surface area contributed by atoms with Crippen molar-refractivity contribution in [1.82, 2.24) is 24.8 Å². The van der Waals surface area contributed by atoms with Gasteiger partial charge in [-0.15, -0.1) is 0 Å². The number of urea groups is 1. The van der Waals surface area contributed by atoms with Gasteiger partial charge < -0.3 is 14.8 Å². The highest BCUT2D eigenvalue weighted by Gasteiger charge is 2.32. The summed E-state index contributed by atoms with van der Waals surface area (Å²) in [4.78, 5) is 23.7. The third-order valence-corrected chi connectivity index (χ3v) is 4.85. The zero-order valence-corrected chi connectivity index (χ0v) is 16.3. The number of amides is 2. The first-order valence-electron chi connectivity index (χ1n) is 9.48. The van der Waals surface area contributed by atoms with Crippen LogP contribution >= 0.6 is 0 Å². The number of imidazole rings is 1. The van der Waals surface area contributed by atoms with Gasteiger partial charge in [0.15, 0.2) is 5.65 Å². The van der Waals surface area contributed by atoms with Crippen molar-refractivity contribution >= 4 is 17.2 Å². The van der Waals surface area contributed by atoms with Crippen LogP contribution in [0.5, 0.6) is 0 Å². The second-order valence-corrected chi connectivity index (χ2v) is 8.23. The molecule has 1 aliphatic heterocycles. The lowest BCUT2D eigenvalue weighted by atomic mass is 10.1. The number of carbonyl (C=O) groups excluding carboxylic acids is 1. The molecule has 0 spiro atoms. The molecule has 146 valence electrons. The van der Waals surface area contributed by atoms with Crippen LogP contribution in [0.3, 0.4) is 0 Å².